The highest BCUT2D eigenvalue weighted by atomic mass is 14.7. The van der Waals surface area contributed by atoms with Crippen molar-refractivity contribution in [2.45, 2.75) is 53.4 Å². The Balaban J connectivity index is 2.86. The van der Waals surface area contributed by atoms with Gasteiger partial charge in [0.15, 0.2) is 0 Å². The van der Waals surface area contributed by atoms with Crippen LogP contribution in [0.15, 0.2) is 23.9 Å². The van der Waals surface area contributed by atoms with Crippen molar-refractivity contribution in [1.82, 2.24) is 4.98 Å². The van der Waals surface area contributed by atoms with Crippen LogP contribution in [0.25, 0.3) is 6.08 Å². The summed E-state index contributed by atoms with van der Waals surface area (Å²) in [6.45, 7) is 8.97. The minimum absolute atomic E-state index is 0.775. The molecule has 0 saturated heterocycles. The van der Waals surface area contributed by atoms with Gasteiger partial charge in [-0.1, -0.05) is 45.3 Å². The molecule has 1 unspecified atom stereocenters. The number of rotatable bonds is 6. The Morgan fingerprint density at radius 3 is 2.76 bits per heavy atom. The molecule has 0 fully saturated rings. The van der Waals surface area contributed by atoms with Crippen LogP contribution in [0.4, 0.5) is 0 Å². The van der Waals surface area contributed by atoms with Gasteiger partial charge in [-0.3, -0.25) is 4.98 Å². The highest BCUT2D eigenvalue weighted by Gasteiger charge is 2.05. The quantitative estimate of drug-likeness (QED) is 0.670. The predicted molar refractivity (Wildman–Crippen MR) is 75.9 cm³/mol. The molecule has 0 aliphatic rings. The molecule has 1 aromatic heterocycles. The van der Waals surface area contributed by atoms with Crippen molar-refractivity contribution >= 4 is 6.08 Å². The van der Waals surface area contributed by atoms with Crippen LogP contribution in [0.5, 0.6) is 0 Å². The summed E-state index contributed by atoms with van der Waals surface area (Å²) in [5.41, 5.74) is 3.95. The molecule has 94 valence electrons. The molecule has 1 atom stereocenters. The molecule has 0 aliphatic heterocycles. The van der Waals surface area contributed by atoms with E-state index < -0.39 is 0 Å². The largest absolute Gasteiger partial charge is 0.257 e. The minimum Gasteiger partial charge on any atom is -0.257 e. The highest BCUT2D eigenvalue weighted by Crippen LogP contribution is 2.21. The fraction of sp³-hybridized carbons (Fsp3) is 0.562. The van der Waals surface area contributed by atoms with Crippen molar-refractivity contribution in [3.8, 4) is 0 Å². The topological polar surface area (TPSA) is 12.9 Å². The molecule has 1 rings (SSSR count). The maximum absolute atomic E-state index is 4.46. The Morgan fingerprint density at radius 2 is 2.18 bits per heavy atom. The van der Waals surface area contributed by atoms with E-state index in [1.807, 2.05) is 12.3 Å². The maximum Gasteiger partial charge on any atom is 0.0658 e. The Kier molecular flexibility index (Phi) is 5.96. The normalized spacial score (nSPS) is 13.8. The van der Waals surface area contributed by atoms with Gasteiger partial charge in [-0.05, 0) is 43.4 Å². The first-order valence-corrected chi connectivity index (χ1v) is 6.78. The molecule has 1 nitrogen and oxygen atoms in total. The lowest BCUT2D eigenvalue weighted by molar-refractivity contribution is 0.547. The molecule has 0 spiro atoms. The standard InChI is InChI=1S/C16H25N/c1-5-8-15(11-13(3)6-2)12-16-14(4)9-7-10-17-16/h7,9-10,12-13H,5-6,8,11H2,1-4H3/b15-12-. The van der Waals surface area contributed by atoms with E-state index in [2.05, 4.69) is 44.8 Å². The van der Waals surface area contributed by atoms with Gasteiger partial charge in [0.25, 0.3) is 0 Å². The van der Waals surface area contributed by atoms with Crippen LogP contribution in [0, 0.1) is 12.8 Å². The molecule has 1 heteroatoms. The molecular weight excluding hydrogens is 206 g/mol. The van der Waals surface area contributed by atoms with Gasteiger partial charge in [0.2, 0.25) is 0 Å². The molecule has 1 aromatic rings. The first-order chi connectivity index (χ1) is 8.17. The van der Waals surface area contributed by atoms with Gasteiger partial charge in [0.1, 0.15) is 0 Å². The summed E-state index contributed by atoms with van der Waals surface area (Å²) in [5, 5.41) is 0. The summed E-state index contributed by atoms with van der Waals surface area (Å²) >= 11 is 0. The lowest BCUT2D eigenvalue weighted by atomic mass is 9.95. The van der Waals surface area contributed by atoms with Gasteiger partial charge in [0, 0.05) is 6.20 Å². The second kappa shape index (κ2) is 7.26. The Bertz CT molecular complexity index is 366. The van der Waals surface area contributed by atoms with Crippen molar-refractivity contribution in [3.63, 3.8) is 0 Å². The monoisotopic (exact) mass is 231 g/mol. The molecule has 17 heavy (non-hydrogen) atoms. The van der Waals surface area contributed by atoms with Gasteiger partial charge < -0.3 is 0 Å². The zero-order chi connectivity index (χ0) is 12.7. The van der Waals surface area contributed by atoms with Crippen LogP contribution in [-0.4, -0.2) is 4.98 Å². The molecule has 0 N–H and O–H groups in total. The average Bonchev–Trinajstić information content (AvgIpc) is 2.32. The third-order valence-electron chi connectivity index (χ3n) is 3.27. The third kappa shape index (κ3) is 4.72. The lowest BCUT2D eigenvalue weighted by Gasteiger charge is -2.12. The van der Waals surface area contributed by atoms with E-state index >= 15 is 0 Å². The third-order valence-corrected chi connectivity index (χ3v) is 3.27. The summed E-state index contributed by atoms with van der Waals surface area (Å²) in [4.78, 5) is 4.46. The number of hydrogen-bond donors (Lipinski definition) is 0. The van der Waals surface area contributed by atoms with Gasteiger partial charge in [-0.15, -0.1) is 0 Å². The molecule has 0 radical (unpaired) electrons. The van der Waals surface area contributed by atoms with E-state index in [-0.39, 0.29) is 0 Å². The van der Waals surface area contributed by atoms with Crippen LogP contribution >= 0.6 is 0 Å². The van der Waals surface area contributed by atoms with Crippen molar-refractivity contribution in [1.29, 1.82) is 0 Å². The fourth-order valence-corrected chi connectivity index (χ4v) is 1.99. The second-order valence-electron chi connectivity index (χ2n) is 4.98. The molecule has 0 aromatic carbocycles. The van der Waals surface area contributed by atoms with Crippen LogP contribution in [0.2, 0.25) is 0 Å². The van der Waals surface area contributed by atoms with E-state index in [4.69, 9.17) is 0 Å². The zero-order valence-electron chi connectivity index (χ0n) is 11.7. The maximum atomic E-state index is 4.46. The molecule has 0 bridgehead atoms. The van der Waals surface area contributed by atoms with Crippen LogP contribution < -0.4 is 0 Å². The van der Waals surface area contributed by atoms with Crippen molar-refractivity contribution in [3.05, 3.63) is 35.2 Å². The van der Waals surface area contributed by atoms with Crippen LogP contribution in [0.1, 0.15) is 57.7 Å². The number of hydrogen-bond acceptors (Lipinski definition) is 1. The Morgan fingerprint density at radius 1 is 1.41 bits per heavy atom. The van der Waals surface area contributed by atoms with Gasteiger partial charge in [-0.25, -0.2) is 0 Å². The smallest absolute Gasteiger partial charge is 0.0658 e. The first kappa shape index (κ1) is 14.0. The van der Waals surface area contributed by atoms with Crippen molar-refractivity contribution < 1.29 is 0 Å². The van der Waals surface area contributed by atoms with Gasteiger partial charge >= 0.3 is 0 Å². The average molecular weight is 231 g/mol. The molecule has 0 saturated carbocycles. The SMILES string of the molecule is CCC/C(=C/c1ncccc1C)CC(C)CC. The summed E-state index contributed by atoms with van der Waals surface area (Å²) in [5.74, 6) is 0.775. The minimum atomic E-state index is 0.775. The van der Waals surface area contributed by atoms with Crippen molar-refractivity contribution in [2.24, 2.45) is 5.92 Å². The lowest BCUT2D eigenvalue weighted by Crippen LogP contribution is -1.96. The van der Waals surface area contributed by atoms with Gasteiger partial charge in [0.05, 0.1) is 5.69 Å². The van der Waals surface area contributed by atoms with E-state index in [0.29, 0.717) is 0 Å². The summed E-state index contributed by atoms with van der Waals surface area (Å²) in [6, 6.07) is 4.13. The molecular formula is C16H25N. The predicted octanol–water partition coefficient (Wildman–Crippen LogP) is 5.01. The van der Waals surface area contributed by atoms with E-state index in [0.717, 1.165) is 11.6 Å². The highest BCUT2D eigenvalue weighted by molar-refractivity contribution is 5.52. The molecule has 0 aliphatic carbocycles. The van der Waals surface area contributed by atoms with Crippen molar-refractivity contribution in [2.75, 3.05) is 0 Å². The number of allylic oxidation sites excluding steroid dienone is 1. The Hall–Kier alpha value is -1.11. The van der Waals surface area contributed by atoms with E-state index in [1.54, 1.807) is 5.57 Å². The Labute approximate surface area is 106 Å². The number of aromatic nitrogens is 1. The van der Waals surface area contributed by atoms with E-state index in [1.165, 1.54) is 31.2 Å². The first-order valence-electron chi connectivity index (χ1n) is 6.78. The second-order valence-corrected chi connectivity index (χ2v) is 4.98. The molecule has 1 heterocycles. The van der Waals surface area contributed by atoms with E-state index in [9.17, 15) is 0 Å². The van der Waals surface area contributed by atoms with Crippen LogP contribution in [-0.2, 0) is 0 Å². The number of aryl methyl sites for hydroxylation is 1. The zero-order valence-corrected chi connectivity index (χ0v) is 11.7. The fourth-order valence-electron chi connectivity index (χ4n) is 1.99. The molecule has 0 amide bonds. The summed E-state index contributed by atoms with van der Waals surface area (Å²) in [7, 11) is 0. The van der Waals surface area contributed by atoms with Gasteiger partial charge in [-0.2, -0.15) is 0 Å². The number of pyridine rings is 1. The van der Waals surface area contributed by atoms with Crippen LogP contribution in [0.3, 0.4) is 0 Å². The summed E-state index contributed by atoms with van der Waals surface area (Å²) in [6.07, 6.45) is 9.05. The summed E-state index contributed by atoms with van der Waals surface area (Å²) < 4.78 is 0. The number of nitrogens with zero attached hydrogens (tertiary/aromatic N) is 1.